The van der Waals surface area contributed by atoms with Gasteiger partial charge in [-0.25, -0.2) is 0 Å². The maximum Gasteiger partial charge on any atom is 0.312 e. The maximum atomic E-state index is 12.2. The van der Waals surface area contributed by atoms with Crippen LogP contribution in [-0.4, -0.2) is 41.8 Å². The molecule has 0 radical (unpaired) electrons. The number of nitrogens with zero attached hydrogens (tertiary/aromatic N) is 1. The van der Waals surface area contributed by atoms with E-state index in [1.807, 2.05) is 6.07 Å². The van der Waals surface area contributed by atoms with Gasteiger partial charge in [-0.15, -0.1) is 0 Å². The lowest BCUT2D eigenvalue weighted by Crippen LogP contribution is -2.42. The molecular formula is C17H23NO3. The molecular weight excluding hydrogens is 266 g/mol. The molecule has 4 nitrogen and oxygen atoms in total. The Labute approximate surface area is 125 Å². The number of rotatable bonds is 4. The van der Waals surface area contributed by atoms with Crippen LogP contribution in [0.4, 0.5) is 0 Å². The van der Waals surface area contributed by atoms with E-state index in [2.05, 4.69) is 29.2 Å². The number of hydrogen-bond donors (Lipinski definition) is 1. The number of piperidine rings is 1. The number of aliphatic hydroxyl groups excluding tert-OH is 1. The standard InChI is InChI=1S/C17H23NO3/c19-11-6-15-12-17(16(20)21-15)7-9-18(10-8-17)13-14-4-2-1-3-5-14/h1-5,15,19H,6-13H2/t15-/m1/s1. The van der Waals surface area contributed by atoms with Crippen LogP contribution in [0.1, 0.15) is 31.2 Å². The Morgan fingerprint density at radius 3 is 2.62 bits per heavy atom. The highest BCUT2D eigenvalue weighted by atomic mass is 16.6. The van der Waals surface area contributed by atoms with E-state index in [-0.39, 0.29) is 24.1 Å². The first-order chi connectivity index (χ1) is 10.2. The number of hydrogen-bond acceptors (Lipinski definition) is 4. The van der Waals surface area contributed by atoms with Gasteiger partial charge in [0.2, 0.25) is 0 Å². The van der Waals surface area contributed by atoms with E-state index in [1.165, 1.54) is 5.56 Å². The lowest BCUT2D eigenvalue weighted by atomic mass is 9.75. The van der Waals surface area contributed by atoms with Crippen molar-refractivity contribution in [1.82, 2.24) is 4.90 Å². The topological polar surface area (TPSA) is 49.8 Å². The highest BCUT2D eigenvalue weighted by molar-refractivity contribution is 5.79. The third kappa shape index (κ3) is 3.11. The van der Waals surface area contributed by atoms with Crippen molar-refractivity contribution in [3.63, 3.8) is 0 Å². The molecule has 0 aromatic heterocycles. The average Bonchev–Trinajstić information content (AvgIpc) is 2.79. The molecule has 21 heavy (non-hydrogen) atoms. The fourth-order valence-corrected chi connectivity index (χ4v) is 3.53. The molecule has 0 aliphatic carbocycles. The highest BCUT2D eigenvalue weighted by Gasteiger charge is 2.49. The zero-order valence-electron chi connectivity index (χ0n) is 12.3. The van der Waals surface area contributed by atoms with Gasteiger partial charge >= 0.3 is 5.97 Å². The van der Waals surface area contributed by atoms with E-state index in [4.69, 9.17) is 9.84 Å². The number of likely N-dealkylation sites (tertiary alicyclic amines) is 1. The molecule has 0 unspecified atom stereocenters. The molecule has 114 valence electrons. The van der Waals surface area contributed by atoms with Crippen LogP contribution in [0.15, 0.2) is 30.3 Å². The molecule has 0 amide bonds. The molecule has 0 bridgehead atoms. The maximum absolute atomic E-state index is 12.2. The number of ether oxygens (including phenoxy) is 1. The molecule has 2 aliphatic heterocycles. The van der Waals surface area contributed by atoms with Crippen LogP contribution in [0, 0.1) is 5.41 Å². The average molecular weight is 289 g/mol. The van der Waals surface area contributed by atoms with Crippen molar-refractivity contribution in [2.45, 2.75) is 38.3 Å². The lowest BCUT2D eigenvalue weighted by Gasteiger charge is -2.36. The minimum absolute atomic E-state index is 0.0414. The molecule has 1 atom stereocenters. The van der Waals surface area contributed by atoms with Crippen molar-refractivity contribution < 1.29 is 14.6 Å². The number of benzene rings is 1. The van der Waals surface area contributed by atoms with Crippen molar-refractivity contribution in [2.24, 2.45) is 5.41 Å². The molecule has 1 aromatic rings. The van der Waals surface area contributed by atoms with Gasteiger partial charge in [0.15, 0.2) is 0 Å². The number of cyclic esters (lactones) is 1. The zero-order valence-corrected chi connectivity index (χ0v) is 12.3. The van der Waals surface area contributed by atoms with Gasteiger partial charge in [0.05, 0.1) is 5.41 Å². The lowest BCUT2D eigenvalue weighted by molar-refractivity contribution is -0.151. The van der Waals surface area contributed by atoms with Crippen LogP contribution in [0.25, 0.3) is 0 Å². The van der Waals surface area contributed by atoms with Crippen molar-refractivity contribution in [3.05, 3.63) is 35.9 Å². The van der Waals surface area contributed by atoms with E-state index in [0.29, 0.717) is 6.42 Å². The van der Waals surface area contributed by atoms with E-state index >= 15 is 0 Å². The van der Waals surface area contributed by atoms with Gasteiger partial charge in [-0.05, 0) is 31.5 Å². The third-order valence-corrected chi connectivity index (χ3v) is 4.84. The van der Waals surface area contributed by atoms with E-state index in [9.17, 15) is 4.79 Å². The van der Waals surface area contributed by atoms with Crippen LogP contribution < -0.4 is 0 Å². The summed E-state index contributed by atoms with van der Waals surface area (Å²) in [7, 11) is 0. The quantitative estimate of drug-likeness (QED) is 0.861. The summed E-state index contributed by atoms with van der Waals surface area (Å²) >= 11 is 0. The largest absolute Gasteiger partial charge is 0.462 e. The summed E-state index contributed by atoms with van der Waals surface area (Å²) in [5.41, 5.74) is 1.04. The van der Waals surface area contributed by atoms with Gasteiger partial charge in [0.1, 0.15) is 6.10 Å². The summed E-state index contributed by atoms with van der Waals surface area (Å²) in [6.07, 6.45) is 3.02. The Hall–Kier alpha value is -1.39. The first kappa shape index (κ1) is 14.5. The molecule has 1 spiro atoms. The minimum atomic E-state index is -0.285. The second-order valence-electron chi connectivity index (χ2n) is 6.29. The van der Waals surface area contributed by atoms with Crippen LogP contribution in [0.2, 0.25) is 0 Å². The van der Waals surface area contributed by atoms with E-state index in [1.54, 1.807) is 0 Å². The van der Waals surface area contributed by atoms with Crippen LogP contribution >= 0.6 is 0 Å². The summed E-state index contributed by atoms with van der Waals surface area (Å²) in [6.45, 7) is 2.92. The predicted octanol–water partition coefficient (Wildman–Crippen LogP) is 1.97. The monoisotopic (exact) mass is 289 g/mol. The Kier molecular flexibility index (Phi) is 4.27. The summed E-state index contributed by atoms with van der Waals surface area (Å²) in [5.74, 6) is -0.0414. The molecule has 2 heterocycles. The number of esters is 1. The highest BCUT2D eigenvalue weighted by Crippen LogP contribution is 2.43. The molecule has 2 aliphatic rings. The van der Waals surface area contributed by atoms with Gasteiger partial charge in [-0.1, -0.05) is 30.3 Å². The molecule has 0 saturated carbocycles. The zero-order chi connectivity index (χ0) is 14.7. The van der Waals surface area contributed by atoms with Gasteiger partial charge in [0, 0.05) is 26.0 Å². The van der Waals surface area contributed by atoms with Gasteiger partial charge in [-0.2, -0.15) is 0 Å². The Balaban J connectivity index is 1.56. The second kappa shape index (κ2) is 6.16. The SMILES string of the molecule is O=C1O[C@H](CCO)CC12CCN(Cc1ccccc1)CC2. The molecule has 2 saturated heterocycles. The Bertz CT molecular complexity index is 480. The molecule has 1 aromatic carbocycles. The van der Waals surface area contributed by atoms with Crippen LogP contribution in [-0.2, 0) is 16.1 Å². The first-order valence-electron chi connectivity index (χ1n) is 7.80. The van der Waals surface area contributed by atoms with Crippen LogP contribution in [0.3, 0.4) is 0 Å². The molecule has 2 fully saturated rings. The summed E-state index contributed by atoms with van der Waals surface area (Å²) in [4.78, 5) is 14.6. The number of carbonyl (C=O) groups excluding carboxylic acids is 1. The first-order valence-corrected chi connectivity index (χ1v) is 7.80. The van der Waals surface area contributed by atoms with Crippen molar-refractivity contribution in [3.8, 4) is 0 Å². The van der Waals surface area contributed by atoms with E-state index < -0.39 is 0 Å². The van der Waals surface area contributed by atoms with E-state index in [0.717, 1.165) is 38.9 Å². The summed E-state index contributed by atoms with van der Waals surface area (Å²) in [5, 5.41) is 9.01. The van der Waals surface area contributed by atoms with Gasteiger partial charge in [-0.3, -0.25) is 9.69 Å². The minimum Gasteiger partial charge on any atom is -0.462 e. The summed E-state index contributed by atoms with van der Waals surface area (Å²) < 4.78 is 5.43. The number of carbonyl (C=O) groups is 1. The van der Waals surface area contributed by atoms with Crippen molar-refractivity contribution >= 4 is 5.97 Å². The van der Waals surface area contributed by atoms with Crippen molar-refractivity contribution in [1.29, 1.82) is 0 Å². The molecule has 4 heteroatoms. The Morgan fingerprint density at radius 1 is 1.24 bits per heavy atom. The molecule has 1 N–H and O–H groups in total. The number of aliphatic hydroxyl groups is 1. The predicted molar refractivity (Wildman–Crippen MR) is 79.6 cm³/mol. The van der Waals surface area contributed by atoms with Gasteiger partial charge < -0.3 is 9.84 Å². The normalized spacial score (nSPS) is 25.2. The smallest absolute Gasteiger partial charge is 0.312 e. The van der Waals surface area contributed by atoms with Crippen molar-refractivity contribution in [2.75, 3.05) is 19.7 Å². The fourth-order valence-electron chi connectivity index (χ4n) is 3.53. The fraction of sp³-hybridized carbons (Fsp3) is 0.588. The summed E-state index contributed by atoms with van der Waals surface area (Å²) in [6, 6.07) is 10.4. The second-order valence-corrected chi connectivity index (χ2v) is 6.29. The third-order valence-electron chi connectivity index (χ3n) is 4.84. The van der Waals surface area contributed by atoms with Gasteiger partial charge in [0.25, 0.3) is 0 Å². The van der Waals surface area contributed by atoms with Crippen LogP contribution in [0.5, 0.6) is 0 Å². The molecule has 3 rings (SSSR count). The Morgan fingerprint density at radius 2 is 1.95 bits per heavy atom.